The first-order valence-corrected chi connectivity index (χ1v) is 7.89. The van der Waals surface area contributed by atoms with Gasteiger partial charge in [0.05, 0.1) is 0 Å². The molecule has 3 nitrogen and oxygen atoms in total. The number of carbonyl (C=O) groups is 1. The van der Waals surface area contributed by atoms with Crippen molar-refractivity contribution in [3.63, 3.8) is 0 Å². The molecule has 2 atom stereocenters. The predicted molar refractivity (Wildman–Crippen MR) is 88.5 cm³/mol. The molecule has 1 aliphatic carbocycles. The third-order valence-electron chi connectivity index (χ3n) is 4.47. The van der Waals surface area contributed by atoms with Gasteiger partial charge in [-0.3, -0.25) is 4.79 Å². The Morgan fingerprint density at radius 1 is 1.00 bits per heavy atom. The minimum Gasteiger partial charge on any atom is -0.352 e. The van der Waals surface area contributed by atoms with E-state index in [0.29, 0.717) is 6.42 Å². The van der Waals surface area contributed by atoms with E-state index in [9.17, 15) is 4.79 Å². The van der Waals surface area contributed by atoms with Gasteiger partial charge in [0.2, 0.25) is 5.91 Å². The highest BCUT2D eigenvalue weighted by molar-refractivity contribution is 5.78. The molecule has 3 N–H and O–H groups in total. The summed E-state index contributed by atoms with van der Waals surface area (Å²) in [5, 5.41) is 3.07. The molecule has 0 aromatic heterocycles. The number of benzene rings is 2. The van der Waals surface area contributed by atoms with Crippen LogP contribution in [0.2, 0.25) is 0 Å². The molecule has 114 valence electrons. The fourth-order valence-corrected chi connectivity index (χ4v) is 2.95. The third kappa shape index (κ3) is 3.37. The Morgan fingerprint density at radius 2 is 1.55 bits per heavy atom. The molecule has 0 bridgehead atoms. The molecule has 0 heterocycles. The van der Waals surface area contributed by atoms with E-state index in [1.165, 1.54) is 11.1 Å². The number of hydrogen-bond acceptors (Lipinski definition) is 2. The zero-order valence-corrected chi connectivity index (χ0v) is 12.6. The quantitative estimate of drug-likeness (QED) is 0.891. The lowest BCUT2D eigenvalue weighted by Crippen LogP contribution is -2.54. The topological polar surface area (TPSA) is 55.1 Å². The van der Waals surface area contributed by atoms with Crippen LogP contribution >= 0.6 is 0 Å². The summed E-state index contributed by atoms with van der Waals surface area (Å²) in [5.74, 6) is 0.163. The van der Waals surface area contributed by atoms with Crippen LogP contribution < -0.4 is 11.1 Å². The fourth-order valence-electron chi connectivity index (χ4n) is 2.95. The first-order valence-electron chi connectivity index (χ1n) is 7.89. The lowest BCUT2D eigenvalue weighted by Gasteiger charge is -2.34. The molecular weight excluding hydrogens is 272 g/mol. The van der Waals surface area contributed by atoms with Gasteiger partial charge in [-0.1, -0.05) is 60.7 Å². The Balaban J connectivity index is 1.76. The van der Waals surface area contributed by atoms with E-state index in [-0.39, 0.29) is 23.9 Å². The predicted octanol–water partition coefficient (Wildman–Crippen LogP) is 2.81. The normalized spacial score (nSPS) is 20.5. The zero-order chi connectivity index (χ0) is 15.4. The molecule has 0 radical (unpaired) electrons. The van der Waals surface area contributed by atoms with Gasteiger partial charge in [0, 0.05) is 24.4 Å². The number of amides is 1. The van der Waals surface area contributed by atoms with Crippen LogP contribution in [0.3, 0.4) is 0 Å². The van der Waals surface area contributed by atoms with Crippen LogP contribution in [0.1, 0.15) is 36.3 Å². The number of hydrogen-bond donors (Lipinski definition) is 2. The van der Waals surface area contributed by atoms with E-state index in [2.05, 4.69) is 29.6 Å². The lowest BCUT2D eigenvalue weighted by molar-refractivity contribution is -0.122. The summed E-state index contributed by atoms with van der Waals surface area (Å²) in [5.41, 5.74) is 8.25. The van der Waals surface area contributed by atoms with Crippen molar-refractivity contribution in [2.75, 3.05) is 0 Å². The molecule has 22 heavy (non-hydrogen) atoms. The van der Waals surface area contributed by atoms with Crippen molar-refractivity contribution in [3.05, 3.63) is 71.8 Å². The van der Waals surface area contributed by atoms with Gasteiger partial charge >= 0.3 is 0 Å². The number of nitrogens with two attached hydrogens (primary N) is 1. The first-order chi connectivity index (χ1) is 10.7. The molecule has 2 aromatic carbocycles. The maximum atomic E-state index is 12.4. The van der Waals surface area contributed by atoms with Crippen molar-refractivity contribution < 1.29 is 4.79 Å². The van der Waals surface area contributed by atoms with Crippen LogP contribution in [-0.2, 0) is 4.79 Å². The Kier molecular flexibility index (Phi) is 4.54. The Labute approximate surface area is 131 Å². The van der Waals surface area contributed by atoms with Crippen molar-refractivity contribution in [3.8, 4) is 0 Å². The molecule has 1 saturated carbocycles. The highest BCUT2D eigenvalue weighted by Crippen LogP contribution is 2.28. The van der Waals surface area contributed by atoms with Crippen molar-refractivity contribution in [1.82, 2.24) is 5.32 Å². The monoisotopic (exact) mass is 294 g/mol. The number of carbonyl (C=O) groups excluding carboxylic acids is 1. The highest BCUT2D eigenvalue weighted by Gasteiger charge is 2.29. The van der Waals surface area contributed by atoms with E-state index in [4.69, 9.17) is 5.73 Å². The summed E-state index contributed by atoms with van der Waals surface area (Å²) in [6.45, 7) is 0. The molecule has 1 aliphatic rings. The van der Waals surface area contributed by atoms with Crippen LogP contribution in [0, 0.1) is 0 Å². The van der Waals surface area contributed by atoms with Crippen LogP contribution in [-0.4, -0.2) is 18.0 Å². The van der Waals surface area contributed by atoms with E-state index in [1.807, 2.05) is 36.4 Å². The van der Waals surface area contributed by atoms with Crippen molar-refractivity contribution >= 4 is 5.91 Å². The van der Waals surface area contributed by atoms with Crippen LogP contribution in [0.15, 0.2) is 60.7 Å². The first kappa shape index (κ1) is 14.8. The maximum absolute atomic E-state index is 12.4. The number of rotatable bonds is 5. The molecular formula is C19H22N2O. The second-order valence-electron chi connectivity index (χ2n) is 5.99. The molecule has 3 heteroatoms. The van der Waals surface area contributed by atoms with Crippen molar-refractivity contribution in [2.45, 2.75) is 37.3 Å². The van der Waals surface area contributed by atoms with Gasteiger partial charge in [0.15, 0.2) is 0 Å². The van der Waals surface area contributed by atoms with E-state index in [1.54, 1.807) is 0 Å². The molecule has 0 aliphatic heterocycles. The van der Waals surface area contributed by atoms with Crippen LogP contribution in [0.25, 0.3) is 0 Å². The minimum absolute atomic E-state index is 0.0813. The maximum Gasteiger partial charge on any atom is 0.221 e. The Bertz CT molecular complexity index is 572. The summed E-state index contributed by atoms with van der Waals surface area (Å²) in [6, 6.07) is 20.7. The van der Waals surface area contributed by atoms with Crippen molar-refractivity contribution in [2.24, 2.45) is 5.73 Å². The van der Waals surface area contributed by atoms with Gasteiger partial charge in [-0.15, -0.1) is 0 Å². The van der Waals surface area contributed by atoms with Gasteiger partial charge in [0.1, 0.15) is 0 Å². The molecule has 3 rings (SSSR count). The summed E-state index contributed by atoms with van der Waals surface area (Å²) in [4.78, 5) is 12.4. The Hall–Kier alpha value is -2.13. The third-order valence-corrected chi connectivity index (χ3v) is 4.47. The molecule has 1 amide bonds. The second-order valence-corrected chi connectivity index (χ2v) is 5.99. The van der Waals surface area contributed by atoms with Gasteiger partial charge < -0.3 is 11.1 Å². The lowest BCUT2D eigenvalue weighted by atomic mass is 9.85. The molecule has 0 unspecified atom stereocenters. The Morgan fingerprint density at radius 3 is 1.95 bits per heavy atom. The second kappa shape index (κ2) is 6.75. The average molecular weight is 294 g/mol. The standard InChI is InChI=1S/C19H22N2O/c20-17-11-12-18(17)21-19(22)13-16(14-7-3-1-4-8-14)15-9-5-2-6-10-15/h1-10,16-18H,11-13,20H2,(H,21,22)/t17-,18+/m1/s1. The highest BCUT2D eigenvalue weighted by atomic mass is 16.1. The zero-order valence-electron chi connectivity index (χ0n) is 12.6. The van der Waals surface area contributed by atoms with Gasteiger partial charge in [-0.25, -0.2) is 0 Å². The summed E-state index contributed by atoms with van der Waals surface area (Å²) in [7, 11) is 0. The van der Waals surface area contributed by atoms with E-state index >= 15 is 0 Å². The van der Waals surface area contributed by atoms with E-state index in [0.717, 1.165) is 12.8 Å². The SMILES string of the molecule is N[C@@H]1CC[C@@H]1NC(=O)CC(c1ccccc1)c1ccccc1. The summed E-state index contributed by atoms with van der Waals surface area (Å²) in [6.07, 6.45) is 2.46. The molecule has 0 spiro atoms. The van der Waals surface area contributed by atoms with Gasteiger partial charge in [-0.05, 0) is 24.0 Å². The summed E-state index contributed by atoms with van der Waals surface area (Å²) < 4.78 is 0. The van der Waals surface area contributed by atoms with Crippen LogP contribution in [0.4, 0.5) is 0 Å². The molecule has 2 aromatic rings. The van der Waals surface area contributed by atoms with Crippen molar-refractivity contribution in [1.29, 1.82) is 0 Å². The average Bonchev–Trinajstić information content (AvgIpc) is 2.58. The van der Waals surface area contributed by atoms with Crippen LogP contribution in [0.5, 0.6) is 0 Å². The number of nitrogens with one attached hydrogen (secondary N) is 1. The fraction of sp³-hybridized carbons (Fsp3) is 0.316. The molecule has 0 saturated heterocycles. The van der Waals surface area contributed by atoms with Gasteiger partial charge in [-0.2, -0.15) is 0 Å². The molecule has 1 fully saturated rings. The van der Waals surface area contributed by atoms with E-state index < -0.39 is 0 Å². The van der Waals surface area contributed by atoms with Gasteiger partial charge in [0.25, 0.3) is 0 Å². The smallest absolute Gasteiger partial charge is 0.221 e. The summed E-state index contributed by atoms with van der Waals surface area (Å²) >= 11 is 0. The minimum atomic E-state index is 0.0813. The largest absolute Gasteiger partial charge is 0.352 e.